The Morgan fingerprint density at radius 3 is 2.75 bits per heavy atom. The number of halogens is 3. The molecule has 1 aliphatic rings. The fourth-order valence-corrected chi connectivity index (χ4v) is 5.09. The van der Waals surface area contributed by atoms with Crippen molar-refractivity contribution < 1.29 is 8.42 Å². The summed E-state index contributed by atoms with van der Waals surface area (Å²) >= 11 is 9.13. The summed E-state index contributed by atoms with van der Waals surface area (Å²) in [7, 11) is -1.60. The van der Waals surface area contributed by atoms with Gasteiger partial charge in [-0.1, -0.05) is 11.6 Å². The number of piperidine rings is 1. The summed E-state index contributed by atoms with van der Waals surface area (Å²) in [6, 6.07) is 4.96. The van der Waals surface area contributed by atoms with E-state index in [1.165, 1.54) is 4.31 Å². The van der Waals surface area contributed by atoms with Crippen molar-refractivity contribution in [2.24, 2.45) is 0 Å². The first-order valence-corrected chi connectivity index (χ1v) is 8.68. The van der Waals surface area contributed by atoms with E-state index in [1.54, 1.807) is 18.2 Å². The molecule has 0 saturated carbocycles. The molecule has 1 N–H and O–H groups in total. The first kappa shape index (κ1) is 18.2. The molecule has 0 aliphatic carbocycles. The summed E-state index contributed by atoms with van der Waals surface area (Å²) in [4.78, 5) is 0.272. The second-order valence-electron chi connectivity index (χ2n) is 4.57. The van der Waals surface area contributed by atoms with Crippen molar-refractivity contribution in [3.8, 4) is 0 Å². The lowest BCUT2D eigenvalue weighted by atomic mass is 10.1. The van der Waals surface area contributed by atoms with Crippen molar-refractivity contribution in [2.75, 3.05) is 20.1 Å². The van der Waals surface area contributed by atoms with Gasteiger partial charge in [-0.2, -0.15) is 4.31 Å². The first-order chi connectivity index (χ1) is 8.95. The van der Waals surface area contributed by atoms with Crippen molar-refractivity contribution in [1.29, 1.82) is 0 Å². The summed E-state index contributed by atoms with van der Waals surface area (Å²) in [6.07, 6.45) is 1.88. The van der Waals surface area contributed by atoms with Crippen LogP contribution in [0.2, 0.25) is 5.02 Å². The predicted molar refractivity (Wildman–Crippen MR) is 87.2 cm³/mol. The lowest BCUT2D eigenvalue weighted by Gasteiger charge is -2.31. The first-order valence-electron chi connectivity index (χ1n) is 6.07. The van der Waals surface area contributed by atoms with Crippen molar-refractivity contribution in [3.05, 3.63) is 27.7 Å². The third-order valence-electron chi connectivity index (χ3n) is 3.30. The summed E-state index contributed by atoms with van der Waals surface area (Å²) in [5.74, 6) is 0. The highest BCUT2D eigenvalue weighted by Gasteiger charge is 2.30. The highest BCUT2D eigenvalue weighted by molar-refractivity contribution is 9.10. The van der Waals surface area contributed by atoms with E-state index in [0.717, 1.165) is 12.8 Å². The maximum atomic E-state index is 12.6. The third-order valence-corrected chi connectivity index (χ3v) is 6.38. The maximum absolute atomic E-state index is 12.6. The number of likely N-dealkylation sites (N-methyl/N-ethyl adjacent to an activating group) is 1. The molecule has 1 fully saturated rings. The van der Waals surface area contributed by atoms with Crippen LogP contribution < -0.4 is 5.32 Å². The molecule has 0 bridgehead atoms. The lowest BCUT2D eigenvalue weighted by Crippen LogP contribution is -2.46. The number of rotatable bonds is 3. The van der Waals surface area contributed by atoms with Crippen LogP contribution in [0.3, 0.4) is 0 Å². The SMILES string of the molecule is CNC1CCCN(S(=O)(=O)c2ccc(Cl)cc2Br)C1.Cl. The summed E-state index contributed by atoms with van der Waals surface area (Å²) < 4.78 is 27.3. The van der Waals surface area contributed by atoms with Crippen LogP contribution in [0.4, 0.5) is 0 Å². The molecule has 0 amide bonds. The zero-order valence-corrected chi connectivity index (χ0v) is 14.9. The maximum Gasteiger partial charge on any atom is 0.244 e. The minimum absolute atomic E-state index is 0. The van der Waals surface area contributed by atoms with Crippen LogP contribution in [-0.4, -0.2) is 38.9 Å². The predicted octanol–water partition coefficient (Wildman–Crippen LogP) is 2.90. The van der Waals surface area contributed by atoms with Gasteiger partial charge in [0.2, 0.25) is 10.0 Å². The lowest BCUT2D eigenvalue weighted by molar-refractivity contribution is 0.292. The number of hydrogen-bond acceptors (Lipinski definition) is 3. The van der Waals surface area contributed by atoms with Crippen LogP contribution in [0.25, 0.3) is 0 Å². The second kappa shape index (κ2) is 7.42. The molecule has 0 aromatic heterocycles. The van der Waals surface area contributed by atoms with E-state index in [2.05, 4.69) is 21.2 Å². The minimum atomic E-state index is -3.46. The van der Waals surface area contributed by atoms with Gasteiger partial charge in [0.1, 0.15) is 0 Å². The van der Waals surface area contributed by atoms with Gasteiger partial charge in [0.05, 0.1) is 4.90 Å². The Bertz CT molecular complexity index is 569. The Balaban J connectivity index is 0.00000200. The van der Waals surface area contributed by atoms with Crippen LogP contribution >= 0.6 is 39.9 Å². The van der Waals surface area contributed by atoms with Gasteiger partial charge < -0.3 is 5.32 Å². The molecule has 2 rings (SSSR count). The van der Waals surface area contributed by atoms with Gasteiger partial charge in [-0.3, -0.25) is 0 Å². The van der Waals surface area contributed by atoms with Crippen LogP contribution in [0, 0.1) is 0 Å². The molecule has 20 heavy (non-hydrogen) atoms. The molecule has 1 saturated heterocycles. The molecule has 4 nitrogen and oxygen atoms in total. The van der Waals surface area contributed by atoms with E-state index < -0.39 is 10.0 Å². The second-order valence-corrected chi connectivity index (χ2v) is 7.76. The highest BCUT2D eigenvalue weighted by Crippen LogP contribution is 2.29. The van der Waals surface area contributed by atoms with E-state index in [1.807, 2.05) is 7.05 Å². The highest BCUT2D eigenvalue weighted by atomic mass is 79.9. The fraction of sp³-hybridized carbons (Fsp3) is 0.500. The Morgan fingerprint density at radius 2 is 2.15 bits per heavy atom. The largest absolute Gasteiger partial charge is 0.316 e. The Morgan fingerprint density at radius 1 is 1.45 bits per heavy atom. The monoisotopic (exact) mass is 402 g/mol. The Kier molecular flexibility index (Phi) is 6.76. The van der Waals surface area contributed by atoms with Crippen molar-refractivity contribution in [2.45, 2.75) is 23.8 Å². The van der Waals surface area contributed by atoms with Gasteiger partial charge in [0.15, 0.2) is 0 Å². The molecule has 1 atom stereocenters. The Labute approximate surface area is 139 Å². The zero-order valence-electron chi connectivity index (χ0n) is 11.0. The Hall–Kier alpha value is 0.150. The number of sulfonamides is 1. The molecule has 0 radical (unpaired) electrons. The quantitative estimate of drug-likeness (QED) is 0.843. The molecule has 1 heterocycles. The zero-order chi connectivity index (χ0) is 14.0. The topological polar surface area (TPSA) is 49.4 Å². The fourth-order valence-electron chi connectivity index (χ4n) is 2.22. The summed E-state index contributed by atoms with van der Waals surface area (Å²) in [6.45, 7) is 1.07. The molecule has 0 spiro atoms. The van der Waals surface area contributed by atoms with Gasteiger partial charge in [-0.05, 0) is 54.0 Å². The van der Waals surface area contributed by atoms with Gasteiger partial charge in [-0.25, -0.2) is 8.42 Å². The minimum Gasteiger partial charge on any atom is -0.316 e. The van der Waals surface area contributed by atoms with Gasteiger partial charge in [-0.15, -0.1) is 12.4 Å². The molecular weight excluding hydrogens is 387 g/mol. The average molecular weight is 404 g/mol. The van der Waals surface area contributed by atoms with Gasteiger partial charge >= 0.3 is 0 Å². The number of nitrogens with one attached hydrogen (secondary N) is 1. The molecular formula is C12H17BrCl2N2O2S. The number of nitrogens with zero attached hydrogens (tertiary/aromatic N) is 1. The van der Waals surface area contributed by atoms with Crippen molar-refractivity contribution >= 4 is 50.0 Å². The van der Waals surface area contributed by atoms with E-state index in [0.29, 0.717) is 22.6 Å². The van der Waals surface area contributed by atoms with Crippen LogP contribution in [-0.2, 0) is 10.0 Å². The smallest absolute Gasteiger partial charge is 0.244 e. The van der Waals surface area contributed by atoms with E-state index in [4.69, 9.17) is 11.6 Å². The van der Waals surface area contributed by atoms with E-state index >= 15 is 0 Å². The summed E-state index contributed by atoms with van der Waals surface area (Å²) in [5.41, 5.74) is 0. The van der Waals surface area contributed by atoms with Gasteiger partial charge in [0, 0.05) is 28.6 Å². The average Bonchev–Trinajstić information content (AvgIpc) is 2.38. The number of hydrogen-bond donors (Lipinski definition) is 1. The standard InChI is InChI=1S/C12H16BrClN2O2S.ClH/c1-15-10-3-2-6-16(8-10)19(17,18)12-5-4-9(14)7-11(12)13;/h4-5,7,10,15H,2-3,6,8H2,1H3;1H. The molecule has 1 aromatic rings. The van der Waals surface area contributed by atoms with E-state index in [-0.39, 0.29) is 23.3 Å². The van der Waals surface area contributed by atoms with Crippen molar-refractivity contribution in [1.82, 2.24) is 9.62 Å². The molecule has 1 aromatic carbocycles. The molecule has 1 aliphatic heterocycles. The van der Waals surface area contributed by atoms with Crippen LogP contribution in [0.15, 0.2) is 27.6 Å². The molecule has 1 unspecified atom stereocenters. The molecule has 8 heteroatoms. The third kappa shape index (κ3) is 3.87. The van der Waals surface area contributed by atoms with Crippen LogP contribution in [0.5, 0.6) is 0 Å². The normalized spacial score (nSPS) is 20.4. The van der Waals surface area contributed by atoms with Crippen molar-refractivity contribution in [3.63, 3.8) is 0 Å². The molecule has 114 valence electrons. The summed E-state index contributed by atoms with van der Waals surface area (Å²) in [5, 5.41) is 3.65. The van der Waals surface area contributed by atoms with Crippen LogP contribution in [0.1, 0.15) is 12.8 Å². The van der Waals surface area contributed by atoms with Gasteiger partial charge in [0.25, 0.3) is 0 Å². The number of benzene rings is 1. The van der Waals surface area contributed by atoms with E-state index in [9.17, 15) is 8.42 Å².